The van der Waals surface area contributed by atoms with Gasteiger partial charge >= 0.3 is 0 Å². The lowest BCUT2D eigenvalue weighted by Crippen LogP contribution is -2.19. The molecule has 2 aromatic heterocycles. The molecule has 0 aliphatic carbocycles. The Morgan fingerprint density at radius 3 is 2.67 bits per heavy atom. The van der Waals surface area contributed by atoms with Crippen LogP contribution in [0, 0.1) is 0 Å². The van der Waals surface area contributed by atoms with Gasteiger partial charge in [0.25, 0.3) is 0 Å². The van der Waals surface area contributed by atoms with Crippen molar-refractivity contribution in [2.24, 2.45) is 0 Å². The van der Waals surface area contributed by atoms with Crippen LogP contribution in [0.25, 0.3) is 5.69 Å². The number of nitrogens with zero attached hydrogens (tertiary/aromatic N) is 5. The van der Waals surface area contributed by atoms with Crippen LogP contribution in [-0.2, 0) is 5.41 Å². The van der Waals surface area contributed by atoms with E-state index in [1.165, 1.54) is 0 Å². The summed E-state index contributed by atoms with van der Waals surface area (Å²) in [6, 6.07) is 3.87. The van der Waals surface area contributed by atoms with Crippen LogP contribution in [-0.4, -0.2) is 52.1 Å². The van der Waals surface area contributed by atoms with E-state index in [1.807, 2.05) is 32.4 Å². The summed E-state index contributed by atoms with van der Waals surface area (Å²) in [4.78, 5) is 2.06. The minimum atomic E-state index is 0.0246. The van der Waals surface area contributed by atoms with Gasteiger partial charge in [0.05, 0.1) is 17.6 Å². The van der Waals surface area contributed by atoms with Gasteiger partial charge in [0.15, 0.2) is 0 Å². The van der Waals surface area contributed by atoms with Gasteiger partial charge in [-0.1, -0.05) is 20.8 Å². The summed E-state index contributed by atoms with van der Waals surface area (Å²) in [7, 11) is 4.01. The molecular weight excluding hydrogens is 266 g/mol. The molecule has 0 saturated heterocycles. The van der Waals surface area contributed by atoms with Crippen molar-refractivity contribution in [2.45, 2.75) is 26.2 Å². The van der Waals surface area contributed by atoms with E-state index in [-0.39, 0.29) is 5.41 Å². The molecule has 2 rings (SSSR count). The van der Waals surface area contributed by atoms with Crippen LogP contribution >= 0.6 is 0 Å². The topological polar surface area (TPSA) is 56.1 Å². The Balaban J connectivity index is 2.12. The van der Waals surface area contributed by atoms with Crippen molar-refractivity contribution < 1.29 is 4.74 Å². The predicted octanol–water partition coefficient (Wildman–Crippen LogP) is 1.90. The van der Waals surface area contributed by atoms with Crippen LogP contribution in [0.1, 0.15) is 26.5 Å². The number of hydrogen-bond donors (Lipinski definition) is 0. The first-order valence-corrected chi connectivity index (χ1v) is 7.03. The Kier molecular flexibility index (Phi) is 4.57. The molecule has 0 spiro atoms. The Morgan fingerprint density at radius 1 is 1.29 bits per heavy atom. The number of ether oxygens (including phenoxy) is 1. The maximum Gasteiger partial charge on any atom is 0.235 e. The van der Waals surface area contributed by atoms with Gasteiger partial charge < -0.3 is 9.64 Å². The molecule has 0 N–H and O–H groups in total. The zero-order valence-corrected chi connectivity index (χ0v) is 13.4. The van der Waals surface area contributed by atoms with E-state index in [4.69, 9.17) is 4.74 Å². The van der Waals surface area contributed by atoms with Crippen LogP contribution in [0.2, 0.25) is 0 Å². The molecule has 6 nitrogen and oxygen atoms in total. The van der Waals surface area contributed by atoms with E-state index in [2.05, 4.69) is 41.0 Å². The van der Waals surface area contributed by atoms with Gasteiger partial charge in [0, 0.05) is 24.2 Å². The fraction of sp³-hybridized carbons (Fsp3) is 0.533. The fourth-order valence-corrected chi connectivity index (χ4v) is 1.73. The highest BCUT2D eigenvalue weighted by molar-refractivity contribution is 5.31. The molecule has 0 aromatic carbocycles. The van der Waals surface area contributed by atoms with Crippen LogP contribution in [0.3, 0.4) is 0 Å². The molecule has 21 heavy (non-hydrogen) atoms. The molecule has 0 bridgehead atoms. The van der Waals surface area contributed by atoms with Crippen molar-refractivity contribution in [2.75, 3.05) is 27.2 Å². The third-order valence-electron chi connectivity index (χ3n) is 3.03. The molecule has 0 amide bonds. The van der Waals surface area contributed by atoms with E-state index >= 15 is 0 Å². The van der Waals surface area contributed by atoms with Crippen LogP contribution in [0.5, 0.6) is 5.88 Å². The van der Waals surface area contributed by atoms with Crippen molar-refractivity contribution in [1.29, 1.82) is 0 Å². The van der Waals surface area contributed by atoms with Crippen molar-refractivity contribution in [1.82, 2.24) is 24.9 Å². The Morgan fingerprint density at radius 2 is 2.05 bits per heavy atom. The second-order valence-electron chi connectivity index (χ2n) is 6.30. The zero-order chi connectivity index (χ0) is 15.5. The Labute approximate surface area is 125 Å². The largest absolute Gasteiger partial charge is 0.475 e. The summed E-state index contributed by atoms with van der Waals surface area (Å²) < 4.78 is 7.40. The van der Waals surface area contributed by atoms with Crippen molar-refractivity contribution in [3.05, 3.63) is 30.2 Å². The van der Waals surface area contributed by atoms with Crippen LogP contribution < -0.4 is 4.74 Å². The van der Waals surface area contributed by atoms with Gasteiger partial charge in [-0.3, -0.25) is 0 Å². The molecule has 0 fully saturated rings. The summed E-state index contributed by atoms with van der Waals surface area (Å²) in [5.74, 6) is 0.516. The first kappa shape index (κ1) is 15.4. The molecule has 6 heteroatoms. The molecule has 0 unspecified atom stereocenters. The first-order chi connectivity index (χ1) is 9.86. The molecule has 0 atom stereocenters. The van der Waals surface area contributed by atoms with E-state index in [0.29, 0.717) is 12.5 Å². The third-order valence-corrected chi connectivity index (χ3v) is 3.03. The lowest BCUT2D eigenvalue weighted by molar-refractivity contribution is 0.251. The minimum Gasteiger partial charge on any atom is -0.475 e. The van der Waals surface area contributed by atoms with E-state index in [9.17, 15) is 0 Å². The Hall–Kier alpha value is -1.95. The van der Waals surface area contributed by atoms with Crippen LogP contribution in [0.4, 0.5) is 0 Å². The Bertz CT molecular complexity index is 586. The summed E-state index contributed by atoms with van der Waals surface area (Å²) in [5, 5.41) is 12.6. The fourth-order valence-electron chi connectivity index (χ4n) is 1.73. The van der Waals surface area contributed by atoms with Gasteiger partial charge in [-0.25, -0.2) is 4.68 Å². The lowest BCUT2D eigenvalue weighted by atomic mass is 9.93. The number of hydrogen-bond acceptors (Lipinski definition) is 5. The highest BCUT2D eigenvalue weighted by Gasteiger charge is 2.17. The van der Waals surface area contributed by atoms with Gasteiger partial charge in [0.2, 0.25) is 5.88 Å². The molecule has 2 aromatic rings. The molecule has 0 aliphatic rings. The summed E-state index contributed by atoms with van der Waals surface area (Å²) >= 11 is 0. The smallest absolute Gasteiger partial charge is 0.235 e. The third kappa shape index (κ3) is 4.26. The SMILES string of the molecule is CN(C)CCOc1cc(-n2ccc(C(C)(C)C)n2)cnn1. The molecular formula is C15H23N5O. The maximum absolute atomic E-state index is 5.60. The monoisotopic (exact) mass is 289 g/mol. The normalized spacial score (nSPS) is 11.9. The first-order valence-electron chi connectivity index (χ1n) is 7.03. The van der Waals surface area contributed by atoms with Crippen LogP contribution in [0.15, 0.2) is 24.5 Å². The number of aromatic nitrogens is 4. The predicted molar refractivity (Wildman–Crippen MR) is 81.9 cm³/mol. The van der Waals surface area contributed by atoms with Gasteiger partial charge in [0.1, 0.15) is 6.61 Å². The molecule has 0 saturated carbocycles. The number of rotatable bonds is 5. The molecule has 114 valence electrons. The number of likely N-dealkylation sites (N-methyl/N-ethyl adjacent to an activating group) is 1. The molecule has 2 heterocycles. The van der Waals surface area contributed by atoms with E-state index < -0.39 is 0 Å². The van der Waals surface area contributed by atoms with Crippen molar-refractivity contribution >= 4 is 0 Å². The van der Waals surface area contributed by atoms with Gasteiger partial charge in [-0.2, -0.15) is 10.2 Å². The zero-order valence-electron chi connectivity index (χ0n) is 13.4. The average molecular weight is 289 g/mol. The van der Waals surface area contributed by atoms with Crippen molar-refractivity contribution in [3.8, 4) is 11.6 Å². The van der Waals surface area contributed by atoms with Crippen molar-refractivity contribution in [3.63, 3.8) is 0 Å². The summed E-state index contributed by atoms with van der Waals surface area (Å²) in [6.45, 7) is 7.83. The quantitative estimate of drug-likeness (QED) is 0.841. The second-order valence-corrected chi connectivity index (χ2v) is 6.30. The maximum atomic E-state index is 5.60. The van der Waals surface area contributed by atoms with E-state index in [0.717, 1.165) is 17.9 Å². The lowest BCUT2D eigenvalue weighted by Gasteiger charge is -2.14. The standard InChI is InChI=1S/C15H23N5O/c1-15(2,3)13-6-7-20(18-13)12-10-14(17-16-11-12)21-9-8-19(4)5/h6-7,10-11H,8-9H2,1-5H3. The molecule has 0 aliphatic heterocycles. The van der Waals surface area contributed by atoms with Gasteiger partial charge in [-0.05, 0) is 20.2 Å². The highest BCUT2D eigenvalue weighted by atomic mass is 16.5. The minimum absolute atomic E-state index is 0.0246. The summed E-state index contributed by atoms with van der Waals surface area (Å²) in [5.41, 5.74) is 1.91. The van der Waals surface area contributed by atoms with Gasteiger partial charge in [-0.15, -0.1) is 5.10 Å². The van der Waals surface area contributed by atoms with E-state index in [1.54, 1.807) is 10.9 Å². The molecule has 0 radical (unpaired) electrons. The summed E-state index contributed by atoms with van der Waals surface area (Å²) in [6.07, 6.45) is 3.61. The second kappa shape index (κ2) is 6.22. The average Bonchev–Trinajstić information content (AvgIpc) is 2.88. The highest BCUT2D eigenvalue weighted by Crippen LogP contribution is 2.21.